The lowest BCUT2D eigenvalue weighted by atomic mass is 9.99. The molecule has 0 spiro atoms. The third-order valence-electron chi connectivity index (χ3n) is 4.21. The minimum absolute atomic E-state index is 0.211. The van der Waals surface area contributed by atoms with E-state index in [2.05, 4.69) is 25.0 Å². The van der Waals surface area contributed by atoms with E-state index in [4.69, 9.17) is 5.26 Å². The molecule has 4 heterocycles. The highest BCUT2D eigenvalue weighted by Gasteiger charge is 2.32. The summed E-state index contributed by atoms with van der Waals surface area (Å²) in [4.78, 5) is 15.5. The van der Waals surface area contributed by atoms with Gasteiger partial charge in [0, 0.05) is 29.7 Å². The third kappa shape index (κ3) is 3.42. The van der Waals surface area contributed by atoms with Crippen molar-refractivity contribution in [2.45, 2.75) is 18.5 Å². The molecule has 7 nitrogen and oxygen atoms in total. The Morgan fingerprint density at radius 2 is 2.00 bits per heavy atom. The van der Waals surface area contributed by atoms with Crippen LogP contribution in [0.3, 0.4) is 0 Å². The minimum Gasteiger partial charge on any atom is -0.329 e. The van der Waals surface area contributed by atoms with Gasteiger partial charge in [0.05, 0.1) is 30.9 Å². The number of alkyl halides is 3. The normalized spacial score (nSPS) is 12.8. The molecule has 28 heavy (non-hydrogen) atoms. The Bertz CT molecular complexity index is 1150. The molecule has 10 heteroatoms. The zero-order chi connectivity index (χ0) is 19.7. The van der Waals surface area contributed by atoms with Gasteiger partial charge in [-0.25, -0.2) is 19.6 Å². The molecular weight excluding hydrogens is 371 g/mol. The fraction of sp³-hybridized carbons (Fsp3) is 0.167. The maximum atomic E-state index is 12.6. The average molecular weight is 383 g/mol. The van der Waals surface area contributed by atoms with Gasteiger partial charge < -0.3 is 4.98 Å². The molecule has 0 fully saturated rings. The second kappa shape index (κ2) is 6.77. The molecule has 0 aliphatic rings. The predicted octanol–water partition coefficient (Wildman–Crippen LogP) is 3.77. The van der Waals surface area contributed by atoms with Crippen LogP contribution in [0.5, 0.6) is 0 Å². The Kier molecular flexibility index (Phi) is 4.27. The van der Waals surface area contributed by atoms with Crippen molar-refractivity contribution < 1.29 is 13.2 Å². The summed E-state index contributed by atoms with van der Waals surface area (Å²) in [5, 5.41) is 13.3. The molecule has 0 radical (unpaired) electrons. The molecule has 140 valence electrons. The molecule has 1 N–H and O–H groups in total. The van der Waals surface area contributed by atoms with Crippen LogP contribution in [0.1, 0.15) is 17.9 Å². The van der Waals surface area contributed by atoms with E-state index in [0.717, 1.165) is 11.1 Å². The molecule has 1 atom stereocenters. The van der Waals surface area contributed by atoms with Crippen molar-refractivity contribution in [1.82, 2.24) is 29.7 Å². The number of fused-ring (bicyclic) bond motifs is 1. The fourth-order valence-electron chi connectivity index (χ4n) is 2.88. The van der Waals surface area contributed by atoms with Crippen molar-refractivity contribution >= 4 is 11.2 Å². The van der Waals surface area contributed by atoms with Crippen LogP contribution in [0, 0.1) is 11.3 Å². The Hall–Kier alpha value is -3.74. The number of rotatable bonds is 4. The molecule has 4 aromatic rings. The van der Waals surface area contributed by atoms with Crippen molar-refractivity contribution in [2.75, 3.05) is 0 Å². The van der Waals surface area contributed by atoms with Gasteiger partial charge in [-0.05, 0) is 17.7 Å². The van der Waals surface area contributed by atoms with Gasteiger partial charge in [-0.1, -0.05) is 6.07 Å². The van der Waals surface area contributed by atoms with Gasteiger partial charge in [0.25, 0.3) is 0 Å². The van der Waals surface area contributed by atoms with E-state index >= 15 is 0 Å². The number of halogens is 3. The van der Waals surface area contributed by atoms with E-state index in [1.54, 1.807) is 31.0 Å². The van der Waals surface area contributed by atoms with Gasteiger partial charge in [-0.3, -0.25) is 0 Å². The first-order valence-corrected chi connectivity index (χ1v) is 8.20. The van der Waals surface area contributed by atoms with Gasteiger partial charge in [0.2, 0.25) is 0 Å². The Balaban J connectivity index is 1.61. The second-order valence-electron chi connectivity index (χ2n) is 6.08. The number of hydrogen-bond donors (Lipinski definition) is 1. The maximum Gasteiger partial charge on any atom is 0.390 e. The lowest BCUT2D eigenvalue weighted by molar-refractivity contribution is -0.136. The second-order valence-corrected chi connectivity index (χ2v) is 6.08. The fourth-order valence-corrected chi connectivity index (χ4v) is 2.88. The molecule has 0 saturated carbocycles. The quantitative estimate of drug-likeness (QED) is 0.579. The van der Waals surface area contributed by atoms with E-state index in [1.165, 1.54) is 23.0 Å². The van der Waals surface area contributed by atoms with E-state index in [9.17, 15) is 13.2 Å². The molecule has 0 amide bonds. The van der Waals surface area contributed by atoms with E-state index < -0.39 is 18.5 Å². The number of nitrogens with one attached hydrogen (secondary N) is 1. The summed E-state index contributed by atoms with van der Waals surface area (Å²) in [5.74, 6) is -0.870. The molecule has 0 aromatic carbocycles. The topological polar surface area (TPSA) is 96.1 Å². The van der Waals surface area contributed by atoms with Gasteiger partial charge in [0.1, 0.15) is 5.52 Å². The number of aromatic nitrogens is 6. The highest BCUT2D eigenvalue weighted by molar-refractivity contribution is 5.88. The van der Waals surface area contributed by atoms with Crippen LogP contribution in [0.25, 0.3) is 28.1 Å². The van der Waals surface area contributed by atoms with Crippen molar-refractivity contribution in [3.63, 3.8) is 0 Å². The summed E-state index contributed by atoms with van der Waals surface area (Å²) in [6.07, 6.45) is 2.23. The first-order valence-electron chi connectivity index (χ1n) is 8.20. The molecule has 0 aliphatic carbocycles. The Morgan fingerprint density at radius 1 is 1.14 bits per heavy atom. The van der Waals surface area contributed by atoms with Crippen molar-refractivity contribution in [3.8, 4) is 23.0 Å². The van der Waals surface area contributed by atoms with Crippen LogP contribution in [-0.4, -0.2) is 35.9 Å². The van der Waals surface area contributed by atoms with E-state index in [1.807, 2.05) is 6.07 Å². The first-order chi connectivity index (χ1) is 13.4. The van der Waals surface area contributed by atoms with Gasteiger partial charge >= 0.3 is 6.18 Å². The van der Waals surface area contributed by atoms with Crippen LogP contribution >= 0.6 is 0 Å². The van der Waals surface area contributed by atoms with Crippen LogP contribution in [0.2, 0.25) is 0 Å². The number of pyridine rings is 2. The molecule has 4 aromatic heterocycles. The number of aromatic amines is 1. The summed E-state index contributed by atoms with van der Waals surface area (Å²) < 4.78 is 39.2. The summed E-state index contributed by atoms with van der Waals surface area (Å²) in [6, 6.07) is 6.48. The summed E-state index contributed by atoms with van der Waals surface area (Å²) in [6.45, 7) is 0. The van der Waals surface area contributed by atoms with E-state index in [-0.39, 0.29) is 5.56 Å². The lowest BCUT2D eigenvalue weighted by Crippen LogP contribution is -2.13. The lowest BCUT2D eigenvalue weighted by Gasteiger charge is -2.12. The van der Waals surface area contributed by atoms with Crippen LogP contribution in [-0.2, 0) is 0 Å². The minimum atomic E-state index is -4.42. The van der Waals surface area contributed by atoms with E-state index in [0.29, 0.717) is 17.0 Å². The SMILES string of the molecule is N#CC(CC(F)(F)F)c1ccc(-n2cc(-c3ccnc4[nH]cnc34)cn2)nc1. The molecule has 4 rings (SSSR count). The molecular formula is C18H12F3N7. The molecule has 0 aliphatic heterocycles. The number of nitriles is 1. The summed E-state index contributed by atoms with van der Waals surface area (Å²) in [7, 11) is 0. The number of hydrogen-bond acceptors (Lipinski definition) is 5. The average Bonchev–Trinajstić information content (AvgIpc) is 3.35. The number of imidazole rings is 1. The highest BCUT2D eigenvalue weighted by atomic mass is 19.4. The Labute approximate surface area is 156 Å². The molecule has 0 bridgehead atoms. The highest BCUT2D eigenvalue weighted by Crippen LogP contribution is 2.31. The van der Waals surface area contributed by atoms with Crippen molar-refractivity contribution in [3.05, 3.63) is 54.9 Å². The zero-order valence-electron chi connectivity index (χ0n) is 14.2. The van der Waals surface area contributed by atoms with Crippen LogP contribution in [0.15, 0.2) is 49.3 Å². The van der Waals surface area contributed by atoms with Crippen molar-refractivity contribution in [2.24, 2.45) is 0 Å². The summed E-state index contributed by atoms with van der Waals surface area (Å²) in [5.41, 5.74) is 3.19. The van der Waals surface area contributed by atoms with Gasteiger partial charge in [-0.2, -0.15) is 23.5 Å². The zero-order valence-corrected chi connectivity index (χ0v) is 14.2. The number of H-pyrrole nitrogens is 1. The smallest absolute Gasteiger partial charge is 0.329 e. The monoisotopic (exact) mass is 383 g/mol. The third-order valence-corrected chi connectivity index (χ3v) is 4.21. The van der Waals surface area contributed by atoms with Crippen LogP contribution < -0.4 is 0 Å². The largest absolute Gasteiger partial charge is 0.390 e. The summed E-state index contributed by atoms with van der Waals surface area (Å²) >= 11 is 0. The van der Waals surface area contributed by atoms with Crippen molar-refractivity contribution in [1.29, 1.82) is 5.26 Å². The van der Waals surface area contributed by atoms with Gasteiger partial charge in [0.15, 0.2) is 11.5 Å². The maximum absolute atomic E-state index is 12.6. The molecule has 1 unspecified atom stereocenters. The standard InChI is InChI=1S/C18H12F3N7/c19-18(20,21)5-12(6-22)11-1-2-15(24-7-11)28-9-13(8-27-28)14-3-4-23-17-16(14)25-10-26-17/h1-4,7-10,12H,5H2,(H,23,25,26). The predicted molar refractivity (Wildman–Crippen MR) is 93.3 cm³/mol. The number of nitrogens with zero attached hydrogens (tertiary/aromatic N) is 6. The molecule has 0 saturated heterocycles. The Morgan fingerprint density at radius 3 is 2.71 bits per heavy atom. The van der Waals surface area contributed by atoms with Crippen LogP contribution in [0.4, 0.5) is 13.2 Å². The van der Waals surface area contributed by atoms with Gasteiger partial charge in [-0.15, -0.1) is 0 Å². The first kappa shape index (κ1) is 17.7.